The summed E-state index contributed by atoms with van der Waals surface area (Å²) < 4.78 is 28.6. The minimum atomic E-state index is -3.88. The van der Waals surface area contributed by atoms with E-state index in [9.17, 15) is 13.2 Å². The Labute approximate surface area is 216 Å². The maximum absolute atomic E-state index is 13.6. The molecule has 0 radical (unpaired) electrons. The van der Waals surface area contributed by atoms with Crippen molar-refractivity contribution in [1.82, 2.24) is 9.29 Å². The molecule has 5 rings (SSSR count). The highest BCUT2D eigenvalue weighted by Gasteiger charge is 2.22. The topological polar surface area (TPSA) is 71.4 Å². The van der Waals surface area contributed by atoms with Crippen molar-refractivity contribution in [1.29, 1.82) is 0 Å². The largest absolute Gasteiger partial charge is 0.378 e. The van der Waals surface area contributed by atoms with Crippen LogP contribution in [0.2, 0.25) is 0 Å². The molecule has 6 nitrogen and oxygen atoms in total. The first-order chi connectivity index (χ1) is 17.8. The zero-order valence-corrected chi connectivity index (χ0v) is 21.4. The van der Waals surface area contributed by atoms with Gasteiger partial charge in [-0.25, -0.2) is 12.4 Å². The van der Waals surface area contributed by atoms with Crippen molar-refractivity contribution >= 4 is 32.5 Å². The fraction of sp³-hybridized carbons (Fsp3) is 0.100. The fourth-order valence-electron chi connectivity index (χ4n) is 4.28. The Balaban J connectivity index is 1.38. The lowest BCUT2D eigenvalue weighted by molar-refractivity contribution is 0.0951. The number of aromatic nitrogens is 1. The van der Waals surface area contributed by atoms with Gasteiger partial charge in [-0.2, -0.15) is 0 Å². The predicted octanol–water partition coefficient (Wildman–Crippen LogP) is 5.54. The molecule has 0 bridgehead atoms. The number of para-hydroxylation sites is 1. The van der Waals surface area contributed by atoms with E-state index >= 15 is 0 Å². The van der Waals surface area contributed by atoms with Crippen LogP contribution in [-0.2, 0) is 16.6 Å². The van der Waals surface area contributed by atoms with E-state index in [1.54, 1.807) is 24.4 Å². The van der Waals surface area contributed by atoms with Crippen LogP contribution in [-0.4, -0.2) is 32.4 Å². The molecule has 0 saturated carbocycles. The van der Waals surface area contributed by atoms with E-state index in [1.165, 1.54) is 16.1 Å². The highest BCUT2D eigenvalue weighted by molar-refractivity contribution is 7.90. The Morgan fingerprint density at radius 1 is 0.811 bits per heavy atom. The molecule has 5 aromatic rings. The van der Waals surface area contributed by atoms with Crippen LogP contribution in [0.5, 0.6) is 0 Å². The quantitative estimate of drug-likeness (QED) is 0.313. The van der Waals surface area contributed by atoms with E-state index in [0.717, 1.165) is 27.8 Å². The van der Waals surface area contributed by atoms with Crippen molar-refractivity contribution in [2.45, 2.75) is 11.4 Å². The molecule has 1 N–H and O–H groups in total. The monoisotopic (exact) mass is 509 g/mol. The molecule has 0 saturated heterocycles. The van der Waals surface area contributed by atoms with E-state index in [-0.39, 0.29) is 10.8 Å². The van der Waals surface area contributed by atoms with Crippen LogP contribution in [0.4, 0.5) is 5.69 Å². The van der Waals surface area contributed by atoms with E-state index < -0.39 is 10.0 Å². The zero-order chi connectivity index (χ0) is 26.0. The van der Waals surface area contributed by atoms with Crippen molar-refractivity contribution in [2.75, 3.05) is 19.0 Å². The van der Waals surface area contributed by atoms with E-state index in [0.29, 0.717) is 17.6 Å². The number of anilines is 1. The second kappa shape index (κ2) is 9.95. The van der Waals surface area contributed by atoms with Gasteiger partial charge in [0.1, 0.15) is 0 Å². The van der Waals surface area contributed by atoms with E-state index in [1.807, 2.05) is 91.8 Å². The first kappa shape index (κ1) is 24.3. The number of hydrogen-bond donors (Lipinski definition) is 1. The summed E-state index contributed by atoms with van der Waals surface area (Å²) in [4.78, 5) is 14.8. The standard InChI is InChI=1S/C30H27N3O3S/c1-32(2)25-16-12-22(13-17-25)20-31-30(34)24-14-18-26(19-15-24)37(35,36)33-21-28(23-8-4-3-5-9-23)27-10-6-7-11-29(27)33/h3-19,21H,20H2,1-2H3,(H,31,34). The summed E-state index contributed by atoms with van der Waals surface area (Å²) in [5.74, 6) is -0.265. The third-order valence-corrected chi connectivity index (χ3v) is 8.03. The molecule has 0 unspecified atom stereocenters. The summed E-state index contributed by atoms with van der Waals surface area (Å²) in [7, 11) is 0.0670. The molecule has 1 heterocycles. The smallest absolute Gasteiger partial charge is 0.268 e. The predicted molar refractivity (Wildman–Crippen MR) is 148 cm³/mol. The molecule has 37 heavy (non-hydrogen) atoms. The minimum absolute atomic E-state index is 0.115. The van der Waals surface area contributed by atoms with Crippen LogP contribution in [0.3, 0.4) is 0 Å². The average molecular weight is 510 g/mol. The van der Waals surface area contributed by atoms with Crippen molar-refractivity contribution in [2.24, 2.45) is 0 Å². The summed E-state index contributed by atoms with van der Waals surface area (Å²) >= 11 is 0. The maximum atomic E-state index is 13.6. The second-order valence-corrected chi connectivity index (χ2v) is 10.8. The molecule has 1 aromatic heterocycles. The summed E-state index contributed by atoms with van der Waals surface area (Å²) in [6.45, 7) is 0.379. The first-order valence-corrected chi connectivity index (χ1v) is 13.3. The van der Waals surface area contributed by atoms with Gasteiger partial charge in [0, 0.05) is 49.0 Å². The lowest BCUT2D eigenvalue weighted by Gasteiger charge is -2.13. The number of benzene rings is 4. The number of nitrogens with one attached hydrogen (secondary N) is 1. The number of carbonyl (C=O) groups is 1. The number of amides is 1. The van der Waals surface area contributed by atoms with Crippen molar-refractivity contribution in [3.63, 3.8) is 0 Å². The Hall–Kier alpha value is -4.36. The number of rotatable bonds is 7. The van der Waals surface area contributed by atoms with Crippen molar-refractivity contribution < 1.29 is 13.2 Å². The van der Waals surface area contributed by atoms with Crippen LogP contribution in [0.15, 0.2) is 114 Å². The molecule has 0 aliphatic heterocycles. The van der Waals surface area contributed by atoms with Gasteiger partial charge in [0.25, 0.3) is 15.9 Å². The fourth-order valence-corrected chi connectivity index (χ4v) is 5.65. The van der Waals surface area contributed by atoms with Crippen LogP contribution in [0.25, 0.3) is 22.0 Å². The molecule has 0 spiro atoms. The number of nitrogens with zero attached hydrogens (tertiary/aromatic N) is 2. The molecule has 0 fully saturated rings. The molecule has 0 aliphatic carbocycles. The van der Waals surface area contributed by atoms with Gasteiger partial charge in [-0.3, -0.25) is 4.79 Å². The Morgan fingerprint density at radius 3 is 2.14 bits per heavy atom. The molecule has 0 atom stereocenters. The van der Waals surface area contributed by atoms with Crippen LogP contribution >= 0.6 is 0 Å². The molecule has 0 aliphatic rings. The highest BCUT2D eigenvalue weighted by atomic mass is 32.2. The summed E-state index contributed by atoms with van der Waals surface area (Å²) in [6.07, 6.45) is 1.66. The Bertz CT molecular complexity index is 1660. The van der Waals surface area contributed by atoms with E-state index in [2.05, 4.69) is 5.32 Å². The van der Waals surface area contributed by atoms with Gasteiger partial charge in [-0.15, -0.1) is 0 Å². The molecular formula is C30H27N3O3S. The van der Waals surface area contributed by atoms with Crippen LogP contribution in [0, 0.1) is 0 Å². The van der Waals surface area contributed by atoms with Gasteiger partial charge in [-0.05, 0) is 53.6 Å². The van der Waals surface area contributed by atoms with Crippen LogP contribution < -0.4 is 10.2 Å². The summed E-state index contributed by atoms with van der Waals surface area (Å²) in [5.41, 5.74) is 4.84. The van der Waals surface area contributed by atoms with Crippen LogP contribution in [0.1, 0.15) is 15.9 Å². The minimum Gasteiger partial charge on any atom is -0.378 e. The van der Waals surface area contributed by atoms with Gasteiger partial charge in [0.15, 0.2) is 0 Å². The summed E-state index contributed by atoms with van der Waals surface area (Å²) in [6, 6.07) is 31.1. The molecule has 1 amide bonds. The lowest BCUT2D eigenvalue weighted by Crippen LogP contribution is -2.23. The van der Waals surface area contributed by atoms with Gasteiger partial charge in [0.05, 0.1) is 10.4 Å². The number of hydrogen-bond acceptors (Lipinski definition) is 4. The normalized spacial score (nSPS) is 11.4. The third-order valence-electron chi connectivity index (χ3n) is 6.34. The zero-order valence-electron chi connectivity index (χ0n) is 20.6. The Morgan fingerprint density at radius 2 is 1.46 bits per heavy atom. The Kier molecular flexibility index (Phi) is 6.54. The first-order valence-electron chi connectivity index (χ1n) is 11.9. The van der Waals surface area contributed by atoms with Gasteiger partial charge in [-0.1, -0.05) is 60.7 Å². The number of carbonyl (C=O) groups excluding carboxylic acids is 1. The maximum Gasteiger partial charge on any atom is 0.268 e. The highest BCUT2D eigenvalue weighted by Crippen LogP contribution is 2.33. The molecule has 7 heteroatoms. The van der Waals surface area contributed by atoms with Crippen molar-refractivity contribution in [3.05, 3.63) is 120 Å². The van der Waals surface area contributed by atoms with Crippen molar-refractivity contribution in [3.8, 4) is 11.1 Å². The summed E-state index contributed by atoms with van der Waals surface area (Å²) in [5, 5.41) is 3.75. The SMILES string of the molecule is CN(C)c1ccc(CNC(=O)c2ccc(S(=O)(=O)n3cc(-c4ccccc4)c4ccccc43)cc2)cc1. The number of fused-ring (bicyclic) bond motifs is 1. The third kappa shape index (κ3) is 4.86. The molecule has 186 valence electrons. The lowest BCUT2D eigenvalue weighted by atomic mass is 10.1. The average Bonchev–Trinajstić information content (AvgIpc) is 3.33. The van der Waals surface area contributed by atoms with Gasteiger partial charge in [0.2, 0.25) is 0 Å². The molecular weight excluding hydrogens is 482 g/mol. The van der Waals surface area contributed by atoms with E-state index in [4.69, 9.17) is 0 Å². The van der Waals surface area contributed by atoms with Gasteiger partial charge >= 0.3 is 0 Å². The molecule has 4 aromatic carbocycles. The second-order valence-electron chi connectivity index (χ2n) is 8.99. The van der Waals surface area contributed by atoms with Gasteiger partial charge < -0.3 is 10.2 Å².